The second-order valence-corrected chi connectivity index (χ2v) is 10.2. The van der Waals surface area contributed by atoms with Gasteiger partial charge in [-0.05, 0) is 6.42 Å². The Labute approximate surface area is 154 Å². The van der Waals surface area contributed by atoms with E-state index in [2.05, 4.69) is 0 Å². The molecule has 3 aliphatic heterocycles. The largest absolute Gasteiger partial charge is 0.475 e. The minimum atomic E-state index is -3.91. The molecule has 0 spiro atoms. The number of H-pyrrole nitrogens is 1. The van der Waals surface area contributed by atoms with Crippen LogP contribution < -0.4 is 11.2 Å². The third-order valence-electron chi connectivity index (χ3n) is 4.18. The molecule has 0 aromatic carbocycles. The highest BCUT2D eigenvalue weighted by Gasteiger charge is 2.55. The van der Waals surface area contributed by atoms with E-state index in [9.17, 15) is 18.5 Å². The number of rotatable bonds is 3. The molecule has 3 aliphatic rings. The molecule has 13 heteroatoms. The Morgan fingerprint density at radius 2 is 2.23 bits per heavy atom. The van der Waals surface area contributed by atoms with Crippen molar-refractivity contribution in [3.05, 3.63) is 33.1 Å². The highest BCUT2D eigenvalue weighted by molar-refractivity contribution is 8.76. The Hall–Kier alpha value is -0.620. The van der Waals surface area contributed by atoms with E-state index in [0.29, 0.717) is 12.2 Å². The smallest absolute Gasteiger partial charge is 0.346 e. The number of nitrogens with zero attached hydrogens (tertiary/aromatic N) is 1. The fraction of sp³-hybridized carbons (Fsp3) is 0.692. The summed E-state index contributed by atoms with van der Waals surface area (Å²) >= 11 is 0. The van der Waals surface area contributed by atoms with E-state index in [1.54, 1.807) is 21.6 Å². The van der Waals surface area contributed by atoms with E-state index in [-0.39, 0.29) is 12.7 Å². The normalized spacial score (nSPS) is 40.3. The van der Waals surface area contributed by atoms with Gasteiger partial charge in [0.15, 0.2) is 12.4 Å². The van der Waals surface area contributed by atoms with Gasteiger partial charge in [0.05, 0.1) is 12.7 Å². The van der Waals surface area contributed by atoms with Gasteiger partial charge in [0.2, 0.25) is 0 Å². The highest BCUT2D eigenvalue weighted by Crippen LogP contribution is 2.58. The summed E-state index contributed by atoms with van der Waals surface area (Å²) in [4.78, 5) is 25.1. The molecule has 4 rings (SSSR count). The maximum Gasteiger partial charge on any atom is 0.475 e. The summed E-state index contributed by atoms with van der Waals surface area (Å²) < 4.78 is 50.1. The molecular weight excluding hydrogens is 410 g/mol. The van der Waals surface area contributed by atoms with Crippen molar-refractivity contribution in [1.82, 2.24) is 9.55 Å². The molecule has 0 aliphatic carbocycles. The van der Waals surface area contributed by atoms with E-state index in [1.807, 2.05) is 4.98 Å². The molecule has 144 valence electrons. The van der Waals surface area contributed by atoms with E-state index in [1.165, 1.54) is 0 Å². The van der Waals surface area contributed by atoms with Gasteiger partial charge in [-0.1, -0.05) is 21.6 Å². The first-order valence-corrected chi connectivity index (χ1v) is 11.9. The molecule has 9 nitrogen and oxygen atoms in total. The molecule has 1 aromatic rings. The zero-order chi connectivity index (χ0) is 18.3. The fourth-order valence-corrected chi connectivity index (χ4v) is 6.96. The van der Waals surface area contributed by atoms with Crippen LogP contribution in [0.15, 0.2) is 21.9 Å². The Kier molecular flexibility index (Phi) is 5.35. The van der Waals surface area contributed by atoms with Crippen LogP contribution in [0.25, 0.3) is 0 Å². The van der Waals surface area contributed by atoms with Gasteiger partial charge in [-0.3, -0.25) is 27.9 Å². The molecule has 2 unspecified atom stereocenters. The first-order chi connectivity index (χ1) is 12.5. The van der Waals surface area contributed by atoms with Crippen LogP contribution in [0.5, 0.6) is 0 Å². The summed E-state index contributed by atoms with van der Waals surface area (Å²) in [5.41, 5.74) is -1.40. The minimum Gasteiger partial charge on any atom is -0.346 e. The third kappa shape index (κ3) is 3.68. The van der Waals surface area contributed by atoms with E-state index >= 15 is 0 Å². The molecule has 1 N–H and O–H groups in total. The Balaban J connectivity index is 1.49. The second-order valence-electron chi connectivity index (χ2n) is 5.96. The van der Waals surface area contributed by atoms with Gasteiger partial charge < -0.3 is 4.74 Å². The summed E-state index contributed by atoms with van der Waals surface area (Å²) in [6, 6.07) is 1.09. The van der Waals surface area contributed by atoms with Crippen LogP contribution in [-0.2, 0) is 22.9 Å². The monoisotopic (exact) mass is 426 g/mol. The fourth-order valence-electron chi connectivity index (χ4n) is 2.92. The first kappa shape index (κ1) is 18.7. The molecule has 6 atom stereocenters. The molecule has 26 heavy (non-hydrogen) atoms. The molecule has 4 heterocycles. The summed E-state index contributed by atoms with van der Waals surface area (Å²) in [7, 11) is -0.607. The zero-order valence-corrected chi connectivity index (χ0v) is 15.8. The minimum absolute atomic E-state index is 0.175. The summed E-state index contributed by atoms with van der Waals surface area (Å²) in [6.07, 6.45) is -3.56. The second kappa shape index (κ2) is 7.42. The van der Waals surface area contributed by atoms with Crippen molar-refractivity contribution in [3.63, 3.8) is 0 Å². The lowest BCUT2D eigenvalue weighted by atomic mass is 10.1. The molecule has 3 fully saturated rings. The van der Waals surface area contributed by atoms with E-state index < -0.39 is 43.7 Å². The van der Waals surface area contributed by atoms with E-state index in [4.69, 9.17) is 18.3 Å². The lowest BCUT2D eigenvalue weighted by Gasteiger charge is -2.33. The number of fused-ring (bicyclic) bond motifs is 1. The van der Waals surface area contributed by atoms with Gasteiger partial charge in [0.1, 0.15) is 12.2 Å². The average Bonchev–Trinajstić information content (AvgIpc) is 2.92. The molecule has 1 aromatic heterocycles. The van der Waals surface area contributed by atoms with Crippen molar-refractivity contribution in [2.24, 2.45) is 0 Å². The van der Waals surface area contributed by atoms with Crippen molar-refractivity contribution < 1.29 is 27.3 Å². The predicted molar refractivity (Wildman–Crippen MR) is 93.0 cm³/mol. The Morgan fingerprint density at radius 3 is 2.96 bits per heavy atom. The zero-order valence-electron chi connectivity index (χ0n) is 13.3. The first-order valence-electron chi connectivity index (χ1n) is 7.92. The predicted octanol–water partition coefficient (Wildman–Crippen LogP) is 1.47. The van der Waals surface area contributed by atoms with Gasteiger partial charge in [0, 0.05) is 23.8 Å². The lowest BCUT2D eigenvalue weighted by Crippen LogP contribution is -2.39. The van der Waals surface area contributed by atoms with Crippen molar-refractivity contribution in [1.29, 1.82) is 0 Å². The van der Waals surface area contributed by atoms with Gasteiger partial charge in [-0.2, -0.15) is 0 Å². The number of aromatic nitrogens is 2. The molecule has 0 bridgehead atoms. The van der Waals surface area contributed by atoms with Crippen LogP contribution in [-0.4, -0.2) is 52.1 Å². The summed E-state index contributed by atoms with van der Waals surface area (Å²) in [5.74, 6) is 1.49. The van der Waals surface area contributed by atoms with Crippen LogP contribution in [0.3, 0.4) is 0 Å². The number of ether oxygens (including phenoxy) is 1. The average molecular weight is 426 g/mol. The quantitative estimate of drug-likeness (QED) is 0.568. The van der Waals surface area contributed by atoms with Crippen molar-refractivity contribution in [3.8, 4) is 0 Å². The molecule has 0 saturated carbocycles. The third-order valence-corrected chi connectivity index (χ3v) is 8.19. The number of phosphoric ester groups is 1. The molecule has 0 radical (unpaired) electrons. The Bertz CT molecular complexity index is 829. The topological polar surface area (TPSA) is 109 Å². The van der Waals surface area contributed by atoms with Crippen molar-refractivity contribution in [2.75, 3.05) is 18.1 Å². The maximum atomic E-state index is 14.9. The van der Waals surface area contributed by atoms with Crippen LogP contribution in [0, 0.1) is 0 Å². The number of aromatic amines is 1. The van der Waals surface area contributed by atoms with Gasteiger partial charge >= 0.3 is 13.5 Å². The van der Waals surface area contributed by atoms with Gasteiger partial charge in [-0.15, -0.1) is 0 Å². The number of phosphoric acid groups is 1. The van der Waals surface area contributed by atoms with Crippen LogP contribution in [0.4, 0.5) is 4.39 Å². The SMILES string of the molecule is O=c1ccn([C@@H]2O[C@@H]3COP(=O)(OC4CCSSC4)O[C@H]3[C@@H]2F)c(=O)[nH]1. The van der Waals surface area contributed by atoms with Crippen LogP contribution in [0.2, 0.25) is 0 Å². The Morgan fingerprint density at radius 1 is 1.38 bits per heavy atom. The van der Waals surface area contributed by atoms with E-state index in [0.717, 1.165) is 22.6 Å². The number of hydrogen-bond donors (Lipinski definition) is 1. The molecular formula is C13H16FN2O7PS2. The number of alkyl halides is 1. The van der Waals surface area contributed by atoms with Crippen LogP contribution >= 0.6 is 29.4 Å². The van der Waals surface area contributed by atoms with Crippen molar-refractivity contribution >= 4 is 29.4 Å². The number of nitrogens with one attached hydrogen (secondary N) is 1. The van der Waals surface area contributed by atoms with Gasteiger partial charge in [0.25, 0.3) is 5.56 Å². The summed E-state index contributed by atoms with van der Waals surface area (Å²) in [6.45, 7) is -0.175. The summed E-state index contributed by atoms with van der Waals surface area (Å²) in [5, 5.41) is 0. The highest BCUT2D eigenvalue weighted by atomic mass is 33.1. The standard InChI is InChI=1S/C13H16FN2O7PS2/c14-10-11-8(21-12(10)16-3-1-9(17)15-13(16)18)5-20-24(19,23-11)22-7-2-4-25-26-6-7/h1,3,7-8,10-12H,2,4-6H2,(H,15,17,18)/t7?,8-,10+,11-,12-,24?/m1/s1. The molecule has 3 saturated heterocycles. The maximum absolute atomic E-state index is 14.9. The van der Waals surface area contributed by atoms with Crippen LogP contribution in [0.1, 0.15) is 12.6 Å². The lowest BCUT2D eigenvalue weighted by molar-refractivity contribution is -0.0754. The van der Waals surface area contributed by atoms with Gasteiger partial charge in [-0.25, -0.2) is 13.8 Å². The molecule has 0 amide bonds. The number of hydrogen-bond acceptors (Lipinski definition) is 9. The van der Waals surface area contributed by atoms with Crippen molar-refractivity contribution in [2.45, 2.75) is 37.1 Å². The number of halogens is 1.